The van der Waals surface area contributed by atoms with Crippen LogP contribution in [0, 0.1) is 5.92 Å². The molecule has 3 heterocycles. The zero-order chi connectivity index (χ0) is 20.3. The third-order valence-corrected chi connectivity index (χ3v) is 6.75. The standard InChI is InChI=1S/C24H29N5O/c30-24(21-3-1-5-22-20(21)4-2-11-25-22)27-19-8-6-18(7-9-19)10-13-28-15-16-29-14-12-26-23(29)17-28/h1-5,11-12,14,18-19H,6-10,13,15-17H2,(H,27,30). The van der Waals surface area contributed by atoms with E-state index in [0.29, 0.717) is 0 Å². The predicted octanol–water partition coefficient (Wildman–Crippen LogP) is 3.63. The molecule has 2 aliphatic rings. The monoisotopic (exact) mass is 403 g/mol. The Morgan fingerprint density at radius 3 is 2.83 bits per heavy atom. The number of amides is 1. The van der Waals surface area contributed by atoms with Gasteiger partial charge in [-0.1, -0.05) is 12.1 Å². The Kier molecular flexibility index (Phi) is 5.49. The molecule has 5 rings (SSSR count). The first-order chi connectivity index (χ1) is 14.8. The van der Waals surface area contributed by atoms with Gasteiger partial charge in [-0.15, -0.1) is 0 Å². The van der Waals surface area contributed by atoms with Crippen LogP contribution in [0.4, 0.5) is 0 Å². The number of imidazole rings is 1. The van der Waals surface area contributed by atoms with E-state index in [1.54, 1.807) is 6.20 Å². The van der Waals surface area contributed by atoms with E-state index >= 15 is 0 Å². The number of carbonyl (C=O) groups excluding carboxylic acids is 1. The Hall–Kier alpha value is -2.73. The number of nitrogens with zero attached hydrogens (tertiary/aromatic N) is 4. The Balaban J connectivity index is 1.10. The average Bonchev–Trinajstić information content (AvgIpc) is 3.26. The van der Waals surface area contributed by atoms with Gasteiger partial charge in [0.2, 0.25) is 0 Å². The smallest absolute Gasteiger partial charge is 0.252 e. The molecule has 1 fully saturated rings. The van der Waals surface area contributed by atoms with Crippen molar-refractivity contribution in [2.45, 2.75) is 51.2 Å². The largest absolute Gasteiger partial charge is 0.349 e. The zero-order valence-electron chi connectivity index (χ0n) is 17.3. The minimum absolute atomic E-state index is 0.0286. The molecule has 1 aliphatic carbocycles. The number of carbonyl (C=O) groups is 1. The van der Waals surface area contributed by atoms with Gasteiger partial charge in [0.05, 0.1) is 12.1 Å². The van der Waals surface area contributed by atoms with Gasteiger partial charge in [0, 0.05) is 48.7 Å². The van der Waals surface area contributed by atoms with Crippen LogP contribution < -0.4 is 5.32 Å². The van der Waals surface area contributed by atoms with E-state index in [4.69, 9.17) is 0 Å². The maximum Gasteiger partial charge on any atom is 0.252 e. The SMILES string of the molecule is O=C(NC1CCC(CCN2CCn3ccnc3C2)CC1)c1cccc2ncccc12. The fourth-order valence-corrected chi connectivity index (χ4v) is 4.94. The number of fused-ring (bicyclic) bond motifs is 2. The Morgan fingerprint density at radius 2 is 1.93 bits per heavy atom. The van der Waals surface area contributed by atoms with Gasteiger partial charge in [0.25, 0.3) is 5.91 Å². The molecule has 1 aromatic carbocycles. The Bertz CT molecular complexity index is 1020. The molecule has 6 heteroatoms. The molecule has 3 aromatic rings. The summed E-state index contributed by atoms with van der Waals surface area (Å²) < 4.78 is 2.26. The zero-order valence-corrected chi connectivity index (χ0v) is 17.3. The highest BCUT2D eigenvalue weighted by Crippen LogP contribution is 2.28. The van der Waals surface area contributed by atoms with E-state index in [1.165, 1.54) is 25.1 Å². The summed E-state index contributed by atoms with van der Waals surface area (Å²) in [7, 11) is 0. The second-order valence-corrected chi connectivity index (χ2v) is 8.67. The minimum Gasteiger partial charge on any atom is -0.349 e. The molecular weight excluding hydrogens is 374 g/mol. The van der Waals surface area contributed by atoms with Crippen molar-refractivity contribution in [3.63, 3.8) is 0 Å². The average molecular weight is 404 g/mol. The first-order valence-electron chi connectivity index (χ1n) is 11.1. The predicted molar refractivity (Wildman–Crippen MR) is 117 cm³/mol. The Labute approximate surface area is 177 Å². The summed E-state index contributed by atoms with van der Waals surface area (Å²) in [5, 5.41) is 4.20. The number of hydrogen-bond acceptors (Lipinski definition) is 4. The van der Waals surface area contributed by atoms with Gasteiger partial charge in [-0.05, 0) is 62.8 Å². The van der Waals surface area contributed by atoms with Gasteiger partial charge in [-0.3, -0.25) is 14.7 Å². The number of aromatic nitrogens is 3. The summed E-state index contributed by atoms with van der Waals surface area (Å²) in [6.07, 6.45) is 11.5. The van der Waals surface area contributed by atoms with Crippen molar-refractivity contribution in [1.82, 2.24) is 24.8 Å². The summed E-state index contributed by atoms with van der Waals surface area (Å²) >= 11 is 0. The molecule has 0 atom stereocenters. The highest BCUT2D eigenvalue weighted by atomic mass is 16.1. The van der Waals surface area contributed by atoms with Crippen molar-refractivity contribution in [2.75, 3.05) is 13.1 Å². The third kappa shape index (κ3) is 4.10. The first-order valence-corrected chi connectivity index (χ1v) is 11.1. The molecule has 0 radical (unpaired) electrons. The number of hydrogen-bond donors (Lipinski definition) is 1. The molecule has 2 aromatic heterocycles. The summed E-state index contributed by atoms with van der Waals surface area (Å²) in [5.74, 6) is 1.98. The van der Waals surface area contributed by atoms with E-state index in [-0.39, 0.29) is 11.9 Å². The molecule has 6 nitrogen and oxygen atoms in total. The number of rotatable bonds is 5. The van der Waals surface area contributed by atoms with Gasteiger partial charge in [0.1, 0.15) is 5.82 Å². The second-order valence-electron chi connectivity index (χ2n) is 8.67. The van der Waals surface area contributed by atoms with Crippen molar-refractivity contribution in [3.8, 4) is 0 Å². The van der Waals surface area contributed by atoms with Crippen LogP contribution in [0.1, 0.15) is 48.3 Å². The minimum atomic E-state index is 0.0286. The number of nitrogens with one attached hydrogen (secondary N) is 1. The van der Waals surface area contributed by atoms with Crippen molar-refractivity contribution in [3.05, 3.63) is 60.3 Å². The summed E-state index contributed by atoms with van der Waals surface area (Å²) in [6, 6.07) is 9.90. The molecule has 1 amide bonds. The molecule has 0 bridgehead atoms. The molecule has 156 valence electrons. The van der Waals surface area contributed by atoms with Crippen LogP contribution >= 0.6 is 0 Å². The number of pyridine rings is 1. The molecule has 0 unspecified atom stereocenters. The van der Waals surface area contributed by atoms with Crippen LogP contribution in [0.25, 0.3) is 10.9 Å². The summed E-state index contributed by atoms with van der Waals surface area (Å²) in [5.41, 5.74) is 1.60. The normalized spacial score (nSPS) is 22.0. The van der Waals surface area contributed by atoms with Gasteiger partial charge >= 0.3 is 0 Å². The van der Waals surface area contributed by atoms with E-state index in [1.807, 2.05) is 36.5 Å². The van der Waals surface area contributed by atoms with Gasteiger partial charge in [-0.2, -0.15) is 0 Å². The van der Waals surface area contributed by atoms with Crippen molar-refractivity contribution >= 4 is 16.8 Å². The van der Waals surface area contributed by atoms with Crippen LogP contribution in [-0.4, -0.2) is 44.5 Å². The van der Waals surface area contributed by atoms with E-state index in [0.717, 1.165) is 61.4 Å². The molecule has 1 saturated carbocycles. The topological polar surface area (TPSA) is 63.1 Å². The van der Waals surface area contributed by atoms with Crippen LogP contribution in [0.3, 0.4) is 0 Å². The lowest BCUT2D eigenvalue weighted by atomic mass is 9.84. The highest BCUT2D eigenvalue weighted by Gasteiger charge is 2.24. The first kappa shape index (κ1) is 19.2. The van der Waals surface area contributed by atoms with Crippen molar-refractivity contribution < 1.29 is 4.79 Å². The van der Waals surface area contributed by atoms with Crippen molar-refractivity contribution in [2.24, 2.45) is 5.92 Å². The fourth-order valence-electron chi connectivity index (χ4n) is 4.94. The van der Waals surface area contributed by atoms with Crippen LogP contribution in [0.15, 0.2) is 48.9 Å². The molecule has 0 spiro atoms. The van der Waals surface area contributed by atoms with Crippen molar-refractivity contribution in [1.29, 1.82) is 0 Å². The van der Waals surface area contributed by atoms with Crippen LogP contribution in [-0.2, 0) is 13.1 Å². The van der Waals surface area contributed by atoms with Gasteiger partial charge < -0.3 is 9.88 Å². The van der Waals surface area contributed by atoms with Gasteiger partial charge in [0.15, 0.2) is 0 Å². The third-order valence-electron chi connectivity index (χ3n) is 6.75. The maximum atomic E-state index is 12.9. The van der Waals surface area contributed by atoms with Gasteiger partial charge in [-0.25, -0.2) is 4.98 Å². The maximum absolute atomic E-state index is 12.9. The van der Waals surface area contributed by atoms with Crippen LogP contribution in [0.2, 0.25) is 0 Å². The lowest BCUT2D eigenvalue weighted by molar-refractivity contribution is 0.0921. The highest BCUT2D eigenvalue weighted by molar-refractivity contribution is 6.06. The summed E-state index contributed by atoms with van der Waals surface area (Å²) in [6.45, 7) is 4.29. The van der Waals surface area contributed by atoms with E-state index in [2.05, 4.69) is 30.9 Å². The lowest BCUT2D eigenvalue weighted by Crippen LogP contribution is -2.39. The molecule has 1 aliphatic heterocycles. The van der Waals surface area contributed by atoms with E-state index in [9.17, 15) is 4.79 Å². The molecule has 0 saturated heterocycles. The summed E-state index contributed by atoms with van der Waals surface area (Å²) in [4.78, 5) is 24.2. The Morgan fingerprint density at radius 1 is 1.03 bits per heavy atom. The number of benzene rings is 1. The quantitative estimate of drug-likeness (QED) is 0.707. The molecule has 30 heavy (non-hydrogen) atoms. The van der Waals surface area contributed by atoms with E-state index < -0.39 is 0 Å². The second kappa shape index (κ2) is 8.56. The lowest BCUT2D eigenvalue weighted by Gasteiger charge is -2.32. The van der Waals surface area contributed by atoms with Crippen LogP contribution in [0.5, 0.6) is 0 Å². The molecule has 1 N–H and O–H groups in total. The molecular formula is C24H29N5O. The fraction of sp³-hybridized carbons (Fsp3) is 0.458.